The standard InChI is InChI=1S/C30H29F2N7O2S/c1-38-6-2-3-14(38)11-41-30-36-27-24(29(37-30)39-15-7-16(39)10-35-9-15)19-13-40-12-18(19)23(26(27)32)25-20(31)4-5-21-22(25)17(8-33)28(34)42-21/h4-5,14-16,35H,2-3,6-7,9-13,34H2,1H3/t14-,15?,16?/m0/s1. The monoisotopic (exact) mass is 589 g/mol. The molecule has 3 N–H and O–H groups in total. The topological polar surface area (TPSA) is 113 Å². The zero-order chi connectivity index (χ0) is 28.7. The van der Waals surface area contributed by atoms with Crippen LogP contribution in [0.3, 0.4) is 0 Å². The summed E-state index contributed by atoms with van der Waals surface area (Å²) in [4.78, 5) is 14.0. The van der Waals surface area contributed by atoms with Crippen molar-refractivity contribution >= 4 is 43.1 Å². The molecule has 3 atom stereocenters. The van der Waals surface area contributed by atoms with Crippen molar-refractivity contribution in [1.82, 2.24) is 20.2 Å². The Morgan fingerprint density at radius 3 is 2.71 bits per heavy atom. The minimum atomic E-state index is -0.676. The maximum atomic E-state index is 17.1. The zero-order valence-corrected chi connectivity index (χ0v) is 23.9. The van der Waals surface area contributed by atoms with Crippen LogP contribution < -0.4 is 20.7 Å². The molecule has 6 heterocycles. The number of thiophene rings is 1. The maximum absolute atomic E-state index is 17.1. The van der Waals surface area contributed by atoms with E-state index in [1.54, 1.807) is 6.07 Å². The molecule has 2 bridgehead atoms. The van der Waals surface area contributed by atoms with Crippen LogP contribution in [-0.4, -0.2) is 66.3 Å². The van der Waals surface area contributed by atoms with Gasteiger partial charge in [0.15, 0.2) is 5.82 Å². The van der Waals surface area contributed by atoms with Crippen LogP contribution >= 0.6 is 11.3 Å². The van der Waals surface area contributed by atoms with Crippen molar-refractivity contribution in [3.05, 3.63) is 40.5 Å². The van der Waals surface area contributed by atoms with Crippen LogP contribution in [0.4, 0.5) is 19.6 Å². The number of ether oxygens (including phenoxy) is 2. The second-order valence-electron chi connectivity index (χ2n) is 11.6. The summed E-state index contributed by atoms with van der Waals surface area (Å²) in [6.07, 6.45) is 3.14. The lowest BCUT2D eigenvalue weighted by atomic mass is 9.86. The second-order valence-corrected chi connectivity index (χ2v) is 12.7. The number of hydrogen-bond donors (Lipinski definition) is 2. The summed E-state index contributed by atoms with van der Waals surface area (Å²) in [6.45, 7) is 3.35. The highest BCUT2D eigenvalue weighted by Crippen LogP contribution is 2.49. The summed E-state index contributed by atoms with van der Waals surface area (Å²) in [6, 6.07) is 5.78. The molecular formula is C30H29F2N7O2S. The van der Waals surface area contributed by atoms with E-state index in [2.05, 4.69) is 33.2 Å². The van der Waals surface area contributed by atoms with Gasteiger partial charge in [0.1, 0.15) is 34.8 Å². The molecule has 4 aromatic rings. The molecule has 9 nitrogen and oxygen atoms in total. The van der Waals surface area contributed by atoms with E-state index in [4.69, 9.17) is 20.2 Å². The van der Waals surface area contributed by atoms with Crippen LogP contribution in [0.1, 0.15) is 36.0 Å². The van der Waals surface area contributed by atoms with Crippen molar-refractivity contribution < 1.29 is 18.3 Å². The number of nitrogens with zero attached hydrogens (tertiary/aromatic N) is 5. The van der Waals surface area contributed by atoms with Crippen molar-refractivity contribution in [2.75, 3.05) is 43.9 Å². The fourth-order valence-corrected chi connectivity index (χ4v) is 8.16. The van der Waals surface area contributed by atoms with E-state index in [0.717, 1.165) is 44.5 Å². The van der Waals surface area contributed by atoms with Crippen LogP contribution in [0, 0.1) is 23.0 Å². The van der Waals surface area contributed by atoms with Gasteiger partial charge >= 0.3 is 6.01 Å². The van der Waals surface area contributed by atoms with Crippen LogP contribution in [0.2, 0.25) is 0 Å². The molecule has 2 aromatic heterocycles. The fraction of sp³-hybridized carbons (Fsp3) is 0.433. The van der Waals surface area contributed by atoms with Gasteiger partial charge < -0.3 is 30.3 Å². The largest absolute Gasteiger partial charge is 0.462 e. The number of benzene rings is 2. The lowest BCUT2D eigenvalue weighted by Crippen LogP contribution is -2.68. The predicted octanol–water partition coefficient (Wildman–Crippen LogP) is 4.30. The molecule has 3 fully saturated rings. The summed E-state index contributed by atoms with van der Waals surface area (Å²) in [5.74, 6) is -0.673. The van der Waals surface area contributed by atoms with Crippen molar-refractivity contribution in [3.8, 4) is 23.2 Å². The zero-order valence-electron chi connectivity index (χ0n) is 23.0. The molecule has 8 rings (SSSR count). The number of piperidine rings is 1. The van der Waals surface area contributed by atoms with Crippen molar-refractivity contribution in [1.29, 1.82) is 5.26 Å². The Balaban J connectivity index is 1.38. The SMILES string of the molecule is CN1CCC[C@H]1COc1nc(N2C3CNCC2C3)c2c3c(c(-c4c(F)ccc5sc(N)c(C#N)c45)c(F)c2n1)COC3. The molecule has 3 saturated heterocycles. The number of nitrogens with one attached hydrogen (secondary N) is 1. The van der Waals surface area contributed by atoms with Gasteiger partial charge in [-0.15, -0.1) is 11.3 Å². The van der Waals surface area contributed by atoms with Crippen LogP contribution in [0.15, 0.2) is 12.1 Å². The van der Waals surface area contributed by atoms with E-state index in [1.807, 2.05) is 0 Å². The molecule has 0 radical (unpaired) electrons. The van der Waals surface area contributed by atoms with Crippen LogP contribution in [-0.2, 0) is 18.0 Å². The lowest BCUT2D eigenvalue weighted by molar-refractivity contribution is 0.135. The highest BCUT2D eigenvalue weighted by atomic mass is 32.1. The Hall–Kier alpha value is -3.63. The molecule has 2 aromatic carbocycles. The van der Waals surface area contributed by atoms with Crippen LogP contribution in [0.5, 0.6) is 6.01 Å². The quantitative estimate of drug-likeness (QED) is 0.352. The molecule has 4 aliphatic rings. The molecule has 2 unspecified atom stereocenters. The van der Waals surface area contributed by atoms with Crippen molar-refractivity contribution in [2.45, 2.75) is 50.6 Å². The van der Waals surface area contributed by atoms with Crippen LogP contribution in [0.25, 0.3) is 32.1 Å². The molecule has 0 spiro atoms. The maximum Gasteiger partial charge on any atom is 0.319 e. The lowest BCUT2D eigenvalue weighted by Gasteiger charge is -2.54. The highest BCUT2D eigenvalue weighted by Gasteiger charge is 2.44. The van der Waals surface area contributed by atoms with E-state index in [9.17, 15) is 5.26 Å². The normalized spacial score (nSPS) is 23.4. The number of hydrogen-bond acceptors (Lipinski definition) is 10. The van der Waals surface area contributed by atoms with Crippen molar-refractivity contribution in [2.24, 2.45) is 0 Å². The smallest absolute Gasteiger partial charge is 0.319 e. The minimum absolute atomic E-state index is 0.0124. The van der Waals surface area contributed by atoms with Gasteiger partial charge in [-0.25, -0.2) is 8.78 Å². The third-order valence-electron chi connectivity index (χ3n) is 9.36. The Labute approximate surface area is 244 Å². The molecule has 12 heteroatoms. The average Bonchev–Trinajstić information content (AvgIpc) is 3.71. The van der Waals surface area contributed by atoms with E-state index in [-0.39, 0.29) is 64.6 Å². The number of piperazine rings is 1. The fourth-order valence-electron chi connectivity index (χ4n) is 7.23. The number of fused-ring (bicyclic) bond motifs is 6. The van der Waals surface area contributed by atoms with Gasteiger partial charge in [0.05, 0.1) is 24.2 Å². The van der Waals surface area contributed by atoms with E-state index in [0.29, 0.717) is 33.5 Å². The number of rotatable bonds is 5. The number of anilines is 2. The van der Waals surface area contributed by atoms with Gasteiger partial charge in [-0.2, -0.15) is 15.2 Å². The number of nitriles is 1. The van der Waals surface area contributed by atoms with Gasteiger partial charge in [-0.05, 0) is 56.1 Å². The second kappa shape index (κ2) is 9.70. The number of aromatic nitrogens is 2. The number of likely N-dealkylation sites (N-methyl/N-ethyl adjacent to an activating group) is 1. The Morgan fingerprint density at radius 1 is 1.17 bits per heavy atom. The van der Waals surface area contributed by atoms with Gasteiger partial charge in [0.25, 0.3) is 0 Å². The van der Waals surface area contributed by atoms with E-state index < -0.39 is 11.6 Å². The van der Waals surface area contributed by atoms with E-state index in [1.165, 1.54) is 17.4 Å². The molecule has 0 saturated carbocycles. The molecule has 4 aliphatic heterocycles. The van der Waals surface area contributed by atoms with Crippen molar-refractivity contribution in [3.63, 3.8) is 0 Å². The Bertz CT molecular complexity index is 1810. The first kappa shape index (κ1) is 26.0. The Morgan fingerprint density at radius 2 is 1.98 bits per heavy atom. The summed E-state index contributed by atoms with van der Waals surface area (Å²) < 4.78 is 45.5. The number of halogens is 2. The molecule has 0 aliphatic carbocycles. The first-order chi connectivity index (χ1) is 20.4. The number of likely N-dealkylation sites (tertiary alicyclic amines) is 1. The van der Waals surface area contributed by atoms with E-state index >= 15 is 8.78 Å². The van der Waals surface area contributed by atoms with Gasteiger partial charge in [-0.3, -0.25) is 0 Å². The third-order valence-corrected chi connectivity index (χ3v) is 10.3. The van der Waals surface area contributed by atoms with Gasteiger partial charge in [0.2, 0.25) is 0 Å². The predicted molar refractivity (Wildman–Crippen MR) is 157 cm³/mol. The van der Waals surface area contributed by atoms with Gasteiger partial charge in [-0.1, -0.05) is 0 Å². The summed E-state index contributed by atoms with van der Waals surface area (Å²) in [5, 5.41) is 14.5. The highest BCUT2D eigenvalue weighted by molar-refractivity contribution is 7.23. The minimum Gasteiger partial charge on any atom is -0.462 e. The van der Waals surface area contributed by atoms with Gasteiger partial charge in [0, 0.05) is 52.4 Å². The summed E-state index contributed by atoms with van der Waals surface area (Å²) >= 11 is 1.18. The molecule has 0 amide bonds. The molecule has 42 heavy (non-hydrogen) atoms. The number of nitrogens with two attached hydrogens (primary N) is 1. The Kier molecular flexibility index (Phi) is 6.01. The summed E-state index contributed by atoms with van der Waals surface area (Å²) in [7, 11) is 2.07. The first-order valence-corrected chi connectivity index (χ1v) is 15.1. The molecule has 216 valence electrons. The first-order valence-electron chi connectivity index (χ1n) is 14.3. The average molecular weight is 590 g/mol. The summed E-state index contributed by atoms with van der Waals surface area (Å²) in [5.41, 5.74) is 7.73. The third kappa shape index (κ3) is 3.74. The number of nitrogen functional groups attached to an aromatic ring is 1. The molecular weight excluding hydrogens is 560 g/mol.